The smallest absolute Gasteiger partial charge is 0.175 e. The van der Waals surface area contributed by atoms with Gasteiger partial charge in [-0.2, -0.15) is 0 Å². The van der Waals surface area contributed by atoms with Gasteiger partial charge in [-0.15, -0.1) is 0 Å². The number of para-hydroxylation sites is 5. The summed E-state index contributed by atoms with van der Waals surface area (Å²) in [5.41, 5.74) is 1.59. The van der Waals surface area contributed by atoms with Crippen molar-refractivity contribution in [3.05, 3.63) is 78.9 Å². The van der Waals surface area contributed by atoms with E-state index in [1.54, 1.807) is 0 Å². The topological polar surface area (TPSA) is 42.5 Å². The van der Waals surface area contributed by atoms with Crippen LogP contribution in [-0.2, 0) is 0 Å². The zero-order valence-corrected chi connectivity index (χ0v) is 15.3. The van der Waals surface area contributed by atoms with Crippen molar-refractivity contribution in [3.8, 4) is 17.2 Å². The van der Waals surface area contributed by atoms with E-state index in [4.69, 9.17) is 21.7 Å². The third-order valence-electron chi connectivity index (χ3n) is 3.54. The predicted octanol–water partition coefficient (Wildman–Crippen LogP) is 5.69. The molecule has 0 radical (unpaired) electrons. The fourth-order valence-corrected chi connectivity index (χ4v) is 2.62. The van der Waals surface area contributed by atoms with Crippen LogP contribution >= 0.6 is 12.2 Å². The van der Waals surface area contributed by atoms with Crippen molar-refractivity contribution in [2.45, 2.75) is 6.92 Å². The molecule has 0 saturated heterocycles. The van der Waals surface area contributed by atoms with Crippen molar-refractivity contribution >= 4 is 28.7 Å². The first-order valence-electron chi connectivity index (χ1n) is 8.38. The van der Waals surface area contributed by atoms with Crippen LogP contribution in [0, 0.1) is 0 Å². The summed E-state index contributed by atoms with van der Waals surface area (Å²) in [6, 6.07) is 25.0. The summed E-state index contributed by atoms with van der Waals surface area (Å²) in [7, 11) is 0. The van der Waals surface area contributed by atoms with Crippen molar-refractivity contribution < 1.29 is 9.47 Å². The van der Waals surface area contributed by atoms with Crippen LogP contribution in [0.2, 0.25) is 0 Å². The van der Waals surface area contributed by atoms with Gasteiger partial charge in [0, 0.05) is 0 Å². The fraction of sp³-hybridized carbons (Fsp3) is 0.0952. The highest BCUT2D eigenvalue weighted by Crippen LogP contribution is 2.30. The van der Waals surface area contributed by atoms with Crippen molar-refractivity contribution in [2.75, 3.05) is 17.2 Å². The number of thiocarbonyl (C=S) groups is 1. The lowest BCUT2D eigenvalue weighted by Gasteiger charge is -2.16. The molecule has 3 aromatic rings. The number of rotatable bonds is 6. The molecule has 3 aromatic carbocycles. The Kier molecular flexibility index (Phi) is 6.06. The number of ether oxygens (including phenoxy) is 2. The fourth-order valence-electron chi connectivity index (χ4n) is 2.40. The van der Waals surface area contributed by atoms with Crippen LogP contribution < -0.4 is 20.1 Å². The van der Waals surface area contributed by atoms with E-state index in [0.717, 1.165) is 22.9 Å². The molecule has 0 amide bonds. The molecular formula is C21H20N2O2S. The second kappa shape index (κ2) is 8.87. The van der Waals surface area contributed by atoms with Crippen molar-refractivity contribution in [1.29, 1.82) is 0 Å². The van der Waals surface area contributed by atoms with Crippen LogP contribution in [0.3, 0.4) is 0 Å². The van der Waals surface area contributed by atoms with Gasteiger partial charge in [-0.3, -0.25) is 0 Å². The van der Waals surface area contributed by atoms with Crippen molar-refractivity contribution in [3.63, 3.8) is 0 Å². The zero-order valence-electron chi connectivity index (χ0n) is 14.4. The van der Waals surface area contributed by atoms with E-state index in [1.165, 1.54) is 0 Å². The lowest BCUT2D eigenvalue weighted by atomic mass is 10.3. The number of anilines is 2. The number of benzene rings is 3. The largest absolute Gasteiger partial charge is 0.492 e. The highest BCUT2D eigenvalue weighted by atomic mass is 32.1. The van der Waals surface area contributed by atoms with E-state index in [1.807, 2.05) is 85.8 Å². The second-order valence-corrected chi connectivity index (χ2v) is 5.83. The maximum absolute atomic E-state index is 5.95. The molecule has 26 heavy (non-hydrogen) atoms. The lowest BCUT2D eigenvalue weighted by Crippen LogP contribution is -2.20. The minimum Gasteiger partial charge on any atom is -0.492 e. The van der Waals surface area contributed by atoms with E-state index in [2.05, 4.69) is 10.6 Å². The minimum atomic E-state index is 0.460. The summed E-state index contributed by atoms with van der Waals surface area (Å²) in [4.78, 5) is 0. The molecule has 0 aliphatic rings. The van der Waals surface area contributed by atoms with Gasteiger partial charge in [-0.25, -0.2) is 0 Å². The normalized spacial score (nSPS) is 10.0. The number of hydrogen-bond acceptors (Lipinski definition) is 3. The summed E-state index contributed by atoms with van der Waals surface area (Å²) in [5, 5.41) is 6.82. The Morgan fingerprint density at radius 3 is 1.96 bits per heavy atom. The summed E-state index contributed by atoms with van der Waals surface area (Å²) >= 11 is 5.45. The van der Waals surface area contributed by atoms with Gasteiger partial charge in [-0.1, -0.05) is 42.5 Å². The van der Waals surface area contributed by atoms with E-state index in [-0.39, 0.29) is 0 Å². The van der Waals surface area contributed by atoms with Gasteiger partial charge in [0.05, 0.1) is 18.0 Å². The zero-order chi connectivity index (χ0) is 18.2. The number of hydrogen-bond donors (Lipinski definition) is 2. The van der Waals surface area contributed by atoms with Gasteiger partial charge < -0.3 is 20.1 Å². The maximum Gasteiger partial charge on any atom is 0.175 e. The molecule has 0 heterocycles. The summed E-state index contributed by atoms with van der Waals surface area (Å²) < 4.78 is 11.6. The molecule has 0 aliphatic heterocycles. The monoisotopic (exact) mass is 364 g/mol. The molecule has 0 aromatic heterocycles. The van der Waals surface area contributed by atoms with Gasteiger partial charge in [0.1, 0.15) is 11.5 Å². The van der Waals surface area contributed by atoms with Gasteiger partial charge in [0.15, 0.2) is 10.9 Å². The Balaban J connectivity index is 1.72. The Morgan fingerprint density at radius 1 is 0.769 bits per heavy atom. The van der Waals surface area contributed by atoms with E-state index in [9.17, 15) is 0 Å². The molecule has 0 atom stereocenters. The minimum absolute atomic E-state index is 0.460. The molecule has 3 rings (SSSR count). The lowest BCUT2D eigenvalue weighted by molar-refractivity contribution is 0.342. The summed E-state index contributed by atoms with van der Waals surface area (Å²) in [6.07, 6.45) is 0. The third kappa shape index (κ3) is 4.74. The van der Waals surface area contributed by atoms with Crippen LogP contribution in [0.1, 0.15) is 6.92 Å². The Morgan fingerprint density at radius 2 is 1.31 bits per heavy atom. The van der Waals surface area contributed by atoms with Gasteiger partial charge in [-0.05, 0) is 55.5 Å². The summed E-state index contributed by atoms with van der Waals surface area (Å²) in [5.74, 6) is 2.22. The van der Waals surface area contributed by atoms with Crippen LogP contribution in [-0.4, -0.2) is 11.7 Å². The Bertz CT molecular complexity index is 869. The Hall–Kier alpha value is -3.05. The first-order chi connectivity index (χ1) is 12.8. The molecule has 2 N–H and O–H groups in total. The maximum atomic E-state index is 5.95. The van der Waals surface area contributed by atoms with Crippen molar-refractivity contribution in [2.24, 2.45) is 0 Å². The highest BCUT2D eigenvalue weighted by molar-refractivity contribution is 7.80. The second-order valence-electron chi connectivity index (χ2n) is 5.42. The average Bonchev–Trinajstić information content (AvgIpc) is 2.66. The van der Waals surface area contributed by atoms with E-state index in [0.29, 0.717) is 17.5 Å². The van der Waals surface area contributed by atoms with Crippen LogP contribution in [0.4, 0.5) is 11.4 Å². The van der Waals surface area contributed by atoms with Crippen LogP contribution in [0.5, 0.6) is 17.2 Å². The molecular weight excluding hydrogens is 344 g/mol. The third-order valence-corrected chi connectivity index (χ3v) is 3.75. The molecule has 4 nitrogen and oxygen atoms in total. The van der Waals surface area contributed by atoms with Gasteiger partial charge in [0.2, 0.25) is 0 Å². The quantitative estimate of drug-likeness (QED) is 0.550. The van der Waals surface area contributed by atoms with E-state index >= 15 is 0 Å². The molecule has 0 bridgehead atoms. The molecule has 0 aliphatic carbocycles. The summed E-state index contributed by atoms with van der Waals surface area (Å²) in [6.45, 7) is 2.54. The SMILES string of the molecule is CCOc1ccccc1NC(=S)Nc1ccccc1Oc1ccccc1. The predicted molar refractivity (Wildman–Crippen MR) is 110 cm³/mol. The van der Waals surface area contributed by atoms with Gasteiger partial charge >= 0.3 is 0 Å². The first-order valence-corrected chi connectivity index (χ1v) is 8.79. The molecule has 5 heteroatoms. The Labute approximate surface area is 158 Å². The van der Waals surface area contributed by atoms with Crippen LogP contribution in [0.25, 0.3) is 0 Å². The molecule has 0 fully saturated rings. The highest BCUT2D eigenvalue weighted by Gasteiger charge is 2.08. The molecule has 0 saturated carbocycles. The molecule has 0 spiro atoms. The first kappa shape index (κ1) is 17.8. The average molecular weight is 364 g/mol. The number of nitrogens with one attached hydrogen (secondary N) is 2. The molecule has 0 unspecified atom stereocenters. The standard InChI is InChI=1S/C21H20N2O2S/c1-2-24-19-14-8-6-12-17(19)22-21(26)23-18-13-7-9-15-20(18)25-16-10-4-3-5-11-16/h3-15H,2H2,1H3,(H2,22,23,26). The van der Waals surface area contributed by atoms with Gasteiger partial charge in [0.25, 0.3) is 0 Å². The van der Waals surface area contributed by atoms with Crippen molar-refractivity contribution in [1.82, 2.24) is 0 Å². The van der Waals surface area contributed by atoms with E-state index < -0.39 is 0 Å². The molecule has 132 valence electrons. The van der Waals surface area contributed by atoms with Crippen LogP contribution in [0.15, 0.2) is 78.9 Å².